The second kappa shape index (κ2) is 20.8. The maximum atomic E-state index is 6.47. The van der Waals surface area contributed by atoms with Gasteiger partial charge in [-0.2, -0.15) is 0 Å². The summed E-state index contributed by atoms with van der Waals surface area (Å²) < 4.78 is 12.9. The van der Waals surface area contributed by atoms with Crippen molar-refractivity contribution in [3.05, 3.63) is 211 Å². The van der Waals surface area contributed by atoms with Crippen molar-refractivity contribution in [3.63, 3.8) is 0 Å². The molecule has 0 aliphatic heterocycles. The minimum atomic E-state index is 0.905. The van der Waals surface area contributed by atoms with Gasteiger partial charge in [0.1, 0.15) is 22.3 Å². The lowest BCUT2D eigenvalue weighted by molar-refractivity contribution is 0.556. The molecule has 3 nitrogen and oxygen atoms in total. The van der Waals surface area contributed by atoms with Crippen molar-refractivity contribution in [1.29, 1.82) is 0 Å². The van der Waals surface area contributed by atoms with E-state index >= 15 is 0 Å². The minimum Gasteiger partial charge on any atom is -0.455 e. The number of benzene rings is 9. The van der Waals surface area contributed by atoms with E-state index in [1.54, 1.807) is 0 Å². The standard InChI is InChI=1S/C68H63NO2/c1-4-5-6-7-8-9-10-11-12-13-20-49-43-47(2)44-54(45-49)53-30-29-48(3)64(46-53)52-35-41-57(42-36-52)69(55-37-31-50(32-38-55)58-23-18-25-62-60-21-14-16-27-65(60)70-67(58)62)56-39-33-51(34-40-56)59-24-19-26-63-61-22-15-17-28-66(61)71-68(59)63/h14-19,21-46H,4-13,20H2,1-3H3. The molecule has 0 N–H and O–H groups in total. The lowest BCUT2D eigenvalue weighted by atomic mass is 9.92. The normalized spacial score (nSPS) is 11.6. The third kappa shape index (κ3) is 9.67. The summed E-state index contributed by atoms with van der Waals surface area (Å²) in [6.07, 6.45) is 14.8. The second-order valence-corrected chi connectivity index (χ2v) is 19.7. The van der Waals surface area contributed by atoms with Crippen molar-refractivity contribution >= 4 is 60.9 Å². The highest BCUT2D eigenvalue weighted by Gasteiger charge is 2.18. The van der Waals surface area contributed by atoms with Crippen LogP contribution in [0.1, 0.15) is 87.8 Å². The Morgan fingerprint density at radius 3 is 1.32 bits per heavy atom. The fourth-order valence-electron chi connectivity index (χ4n) is 10.9. The summed E-state index contributed by atoms with van der Waals surface area (Å²) in [6.45, 7) is 6.77. The zero-order chi connectivity index (χ0) is 48.1. The predicted molar refractivity (Wildman–Crippen MR) is 302 cm³/mol. The topological polar surface area (TPSA) is 29.5 Å². The van der Waals surface area contributed by atoms with Crippen molar-refractivity contribution < 1.29 is 8.83 Å². The van der Waals surface area contributed by atoms with E-state index in [1.165, 1.54) is 103 Å². The summed E-state index contributed by atoms with van der Waals surface area (Å²) in [6, 6.07) is 70.5. The van der Waals surface area contributed by atoms with Gasteiger partial charge in [0, 0.05) is 49.7 Å². The van der Waals surface area contributed by atoms with Crippen LogP contribution in [0.15, 0.2) is 203 Å². The molecule has 11 aromatic rings. The lowest BCUT2D eigenvalue weighted by Gasteiger charge is -2.26. The fourth-order valence-corrected chi connectivity index (χ4v) is 10.9. The van der Waals surface area contributed by atoms with E-state index in [4.69, 9.17) is 8.83 Å². The summed E-state index contributed by atoms with van der Waals surface area (Å²) in [5.74, 6) is 0. The quantitative estimate of drug-likeness (QED) is 0.0803. The van der Waals surface area contributed by atoms with Crippen molar-refractivity contribution in [1.82, 2.24) is 0 Å². The number of hydrogen-bond donors (Lipinski definition) is 0. The molecule has 0 aliphatic carbocycles. The Labute approximate surface area is 419 Å². The van der Waals surface area contributed by atoms with Gasteiger partial charge in [-0.1, -0.05) is 210 Å². The van der Waals surface area contributed by atoms with Gasteiger partial charge >= 0.3 is 0 Å². The van der Waals surface area contributed by atoms with Crippen molar-refractivity contribution in [2.45, 2.75) is 91.4 Å². The van der Waals surface area contributed by atoms with Gasteiger partial charge in [-0.3, -0.25) is 0 Å². The largest absolute Gasteiger partial charge is 0.455 e. The van der Waals surface area contributed by atoms with E-state index in [9.17, 15) is 0 Å². The lowest BCUT2D eigenvalue weighted by Crippen LogP contribution is -2.09. The van der Waals surface area contributed by atoms with Gasteiger partial charge in [0.05, 0.1) is 0 Å². The third-order valence-corrected chi connectivity index (χ3v) is 14.6. The van der Waals surface area contributed by atoms with Gasteiger partial charge in [0.25, 0.3) is 0 Å². The molecule has 0 saturated carbocycles. The van der Waals surface area contributed by atoms with Crippen LogP contribution in [-0.4, -0.2) is 0 Å². The third-order valence-electron chi connectivity index (χ3n) is 14.6. The van der Waals surface area contributed by atoms with Crippen LogP contribution in [0.2, 0.25) is 0 Å². The molecule has 0 bridgehead atoms. The highest BCUT2D eigenvalue weighted by molar-refractivity contribution is 6.10. The fraction of sp³-hybridized carbons (Fsp3) is 0.206. The number of nitrogens with zero attached hydrogens (tertiary/aromatic N) is 1. The molecular formula is C68H63NO2. The van der Waals surface area contributed by atoms with Gasteiger partial charge < -0.3 is 13.7 Å². The highest BCUT2D eigenvalue weighted by atomic mass is 16.3. The Bertz CT molecular complexity index is 3430. The van der Waals surface area contributed by atoms with Crippen LogP contribution in [0, 0.1) is 13.8 Å². The minimum absolute atomic E-state index is 0.905. The Morgan fingerprint density at radius 2 is 0.803 bits per heavy atom. The second-order valence-electron chi connectivity index (χ2n) is 19.7. The number of hydrogen-bond acceptors (Lipinski definition) is 3. The molecule has 0 atom stereocenters. The monoisotopic (exact) mass is 925 g/mol. The highest BCUT2D eigenvalue weighted by Crippen LogP contribution is 2.42. The first-order chi connectivity index (χ1) is 35.0. The molecule has 0 fully saturated rings. The number of fused-ring (bicyclic) bond motifs is 6. The molecule has 9 aromatic carbocycles. The molecule has 3 heteroatoms. The smallest absolute Gasteiger partial charge is 0.143 e. The SMILES string of the molecule is CCCCCCCCCCCCc1cc(C)cc(-c2ccc(C)c(-c3ccc(N(c4ccc(-c5cccc6c5oc5ccccc56)cc4)c4ccc(-c5cccc6c5oc5ccccc56)cc4)cc3)c2)c1. The van der Waals surface area contributed by atoms with Crippen molar-refractivity contribution in [2.75, 3.05) is 4.90 Å². The van der Waals surface area contributed by atoms with Crippen LogP contribution in [0.5, 0.6) is 0 Å². The summed E-state index contributed by atoms with van der Waals surface area (Å²) in [4.78, 5) is 2.35. The van der Waals surface area contributed by atoms with Crippen molar-refractivity contribution in [2.24, 2.45) is 0 Å². The molecule has 2 aromatic heterocycles. The maximum absolute atomic E-state index is 6.47. The zero-order valence-corrected chi connectivity index (χ0v) is 41.5. The Morgan fingerprint density at radius 1 is 0.352 bits per heavy atom. The predicted octanol–water partition coefficient (Wildman–Crippen LogP) is 20.7. The van der Waals surface area contributed by atoms with Crippen LogP contribution in [0.4, 0.5) is 17.1 Å². The molecule has 0 spiro atoms. The first-order valence-corrected chi connectivity index (χ1v) is 26.1. The van der Waals surface area contributed by atoms with Gasteiger partial charge in [-0.05, 0) is 126 Å². The van der Waals surface area contributed by atoms with E-state index in [2.05, 4.69) is 196 Å². The van der Waals surface area contributed by atoms with Crippen LogP contribution >= 0.6 is 0 Å². The van der Waals surface area contributed by atoms with Crippen molar-refractivity contribution in [3.8, 4) is 44.5 Å². The summed E-state index contributed by atoms with van der Waals surface area (Å²) >= 11 is 0. The number of rotatable bonds is 18. The molecule has 0 aliphatic rings. The number of aryl methyl sites for hydroxylation is 3. The molecule has 11 rings (SSSR count). The number of anilines is 3. The first kappa shape index (κ1) is 45.8. The number of unbranched alkanes of at least 4 members (excludes halogenated alkanes) is 9. The molecule has 2 heterocycles. The summed E-state index contributed by atoms with van der Waals surface area (Å²) in [5.41, 5.74) is 20.3. The summed E-state index contributed by atoms with van der Waals surface area (Å²) in [7, 11) is 0. The molecular weight excluding hydrogens is 863 g/mol. The molecule has 0 unspecified atom stereocenters. The molecule has 0 radical (unpaired) electrons. The van der Waals surface area contributed by atoms with Gasteiger partial charge in [0.15, 0.2) is 0 Å². The average molecular weight is 926 g/mol. The van der Waals surface area contributed by atoms with Gasteiger partial charge in [-0.15, -0.1) is 0 Å². The Hall–Kier alpha value is -7.62. The summed E-state index contributed by atoms with van der Waals surface area (Å²) in [5, 5.41) is 4.53. The van der Waals surface area contributed by atoms with Crippen LogP contribution in [-0.2, 0) is 6.42 Å². The van der Waals surface area contributed by atoms with E-state index in [-0.39, 0.29) is 0 Å². The van der Waals surface area contributed by atoms with E-state index in [1.807, 2.05) is 24.3 Å². The zero-order valence-electron chi connectivity index (χ0n) is 41.5. The van der Waals surface area contributed by atoms with Gasteiger partial charge in [-0.25, -0.2) is 0 Å². The number of para-hydroxylation sites is 4. The van der Waals surface area contributed by atoms with E-state index in [0.717, 1.165) is 89.6 Å². The molecule has 71 heavy (non-hydrogen) atoms. The van der Waals surface area contributed by atoms with Gasteiger partial charge in [0.2, 0.25) is 0 Å². The Balaban J connectivity index is 0.882. The van der Waals surface area contributed by atoms with E-state index < -0.39 is 0 Å². The molecule has 0 saturated heterocycles. The Kier molecular flexibility index (Phi) is 13.4. The van der Waals surface area contributed by atoms with Crippen LogP contribution in [0.3, 0.4) is 0 Å². The maximum Gasteiger partial charge on any atom is 0.143 e. The van der Waals surface area contributed by atoms with Crippen LogP contribution in [0.25, 0.3) is 88.4 Å². The molecule has 0 amide bonds. The number of furan rings is 2. The average Bonchev–Trinajstić information content (AvgIpc) is 3.99. The van der Waals surface area contributed by atoms with Crippen LogP contribution < -0.4 is 4.90 Å². The molecule has 352 valence electrons. The van der Waals surface area contributed by atoms with E-state index in [0.29, 0.717) is 0 Å². The first-order valence-electron chi connectivity index (χ1n) is 26.1.